The maximum atomic E-state index is 11.5. The molecule has 0 amide bonds. The second-order valence-electron chi connectivity index (χ2n) is 9.81. The Bertz CT molecular complexity index is 699. The monoisotopic (exact) mass is 397 g/mol. The molecule has 4 aliphatic rings. The molecule has 0 aromatic carbocycles. The number of rotatable bonds is 5. The molecule has 0 radical (unpaired) electrons. The third-order valence-corrected chi connectivity index (χ3v) is 7.65. The molecule has 4 atom stereocenters. The molecular formula is C25H39N3O. The first-order chi connectivity index (χ1) is 13.9. The number of nitrogens with zero attached hydrogens (tertiary/aromatic N) is 3. The van der Waals surface area contributed by atoms with Crippen molar-refractivity contribution in [3.63, 3.8) is 0 Å². The standard InChI is InChI=1S/C25H39N3O/c1-19-12-14-20(15-13-19)23-10-7-11-24(26-23)25(2,29)28-17-16-22(18-28)27(3)21-8-5-4-6-9-21/h7,11-12,14-15,19,21-23,29H,4-6,8-10,13,16-18H2,1-3H3/t19?,22?,23?,25-/m0/s1. The van der Waals surface area contributed by atoms with Gasteiger partial charge in [-0.2, -0.15) is 0 Å². The Morgan fingerprint density at radius 1 is 1.10 bits per heavy atom. The normalized spacial score (nSPS) is 33.6. The molecule has 0 bridgehead atoms. The summed E-state index contributed by atoms with van der Waals surface area (Å²) >= 11 is 0. The molecule has 2 aliphatic carbocycles. The molecule has 0 aromatic rings. The molecule has 4 rings (SSSR count). The summed E-state index contributed by atoms with van der Waals surface area (Å²) in [5, 5.41) is 11.5. The van der Waals surface area contributed by atoms with Crippen LogP contribution in [0.25, 0.3) is 0 Å². The highest BCUT2D eigenvalue weighted by Crippen LogP contribution is 2.31. The van der Waals surface area contributed by atoms with E-state index in [0.717, 1.165) is 44.1 Å². The smallest absolute Gasteiger partial charge is 0.158 e. The van der Waals surface area contributed by atoms with Gasteiger partial charge in [0.05, 0.1) is 11.8 Å². The van der Waals surface area contributed by atoms with E-state index in [4.69, 9.17) is 4.99 Å². The molecule has 1 saturated carbocycles. The van der Waals surface area contributed by atoms with Crippen LogP contribution in [0.4, 0.5) is 0 Å². The van der Waals surface area contributed by atoms with Gasteiger partial charge in [0.25, 0.3) is 0 Å². The fourth-order valence-corrected chi connectivity index (χ4v) is 5.47. The van der Waals surface area contributed by atoms with Gasteiger partial charge in [-0.3, -0.25) is 14.8 Å². The highest BCUT2D eigenvalue weighted by atomic mass is 16.3. The first-order valence-corrected chi connectivity index (χ1v) is 11.8. The largest absolute Gasteiger partial charge is 0.370 e. The molecule has 1 N–H and O–H groups in total. The summed E-state index contributed by atoms with van der Waals surface area (Å²) < 4.78 is 0. The van der Waals surface area contributed by atoms with Crippen LogP contribution in [0.3, 0.4) is 0 Å². The molecule has 1 saturated heterocycles. The Hall–Kier alpha value is -1.23. The van der Waals surface area contributed by atoms with E-state index in [1.54, 1.807) is 0 Å². The first kappa shape index (κ1) is 21.0. The van der Waals surface area contributed by atoms with Gasteiger partial charge in [0.15, 0.2) is 5.72 Å². The van der Waals surface area contributed by atoms with E-state index in [9.17, 15) is 5.11 Å². The zero-order chi connectivity index (χ0) is 20.4. The summed E-state index contributed by atoms with van der Waals surface area (Å²) in [4.78, 5) is 9.86. The van der Waals surface area contributed by atoms with Crippen molar-refractivity contribution < 1.29 is 5.11 Å². The number of hydrogen-bond donors (Lipinski definition) is 1. The van der Waals surface area contributed by atoms with Crippen molar-refractivity contribution in [2.75, 3.05) is 20.1 Å². The van der Waals surface area contributed by atoms with Crippen LogP contribution < -0.4 is 0 Å². The van der Waals surface area contributed by atoms with E-state index in [1.165, 1.54) is 37.7 Å². The summed E-state index contributed by atoms with van der Waals surface area (Å²) in [7, 11) is 2.30. The maximum absolute atomic E-state index is 11.5. The Kier molecular flexibility index (Phi) is 6.43. The van der Waals surface area contributed by atoms with Crippen LogP contribution in [0.15, 0.2) is 40.9 Å². The second-order valence-corrected chi connectivity index (χ2v) is 9.81. The number of hydrogen-bond acceptors (Lipinski definition) is 4. The minimum absolute atomic E-state index is 0.147. The number of aliphatic imine (C=N–C) groups is 1. The maximum Gasteiger partial charge on any atom is 0.158 e. The van der Waals surface area contributed by atoms with Crippen molar-refractivity contribution in [3.05, 3.63) is 36.0 Å². The number of allylic oxidation sites excluding steroid dienone is 2. The van der Waals surface area contributed by atoms with Gasteiger partial charge in [0.1, 0.15) is 0 Å². The lowest BCUT2D eigenvalue weighted by molar-refractivity contribution is -0.0245. The van der Waals surface area contributed by atoms with Crippen LogP contribution in [-0.2, 0) is 0 Å². The van der Waals surface area contributed by atoms with Gasteiger partial charge in [0, 0.05) is 25.2 Å². The van der Waals surface area contributed by atoms with Crippen LogP contribution in [-0.4, -0.2) is 64.6 Å². The van der Waals surface area contributed by atoms with E-state index in [-0.39, 0.29) is 6.04 Å². The average Bonchev–Trinajstić information content (AvgIpc) is 3.26. The molecule has 2 aliphatic heterocycles. The predicted octanol–water partition coefficient (Wildman–Crippen LogP) is 4.33. The van der Waals surface area contributed by atoms with Gasteiger partial charge in [-0.1, -0.05) is 50.5 Å². The molecule has 4 nitrogen and oxygen atoms in total. The Morgan fingerprint density at radius 3 is 2.62 bits per heavy atom. The van der Waals surface area contributed by atoms with Crippen LogP contribution in [0, 0.1) is 5.92 Å². The van der Waals surface area contributed by atoms with Crippen LogP contribution in [0.5, 0.6) is 0 Å². The van der Waals surface area contributed by atoms with Crippen LogP contribution in [0.2, 0.25) is 0 Å². The Balaban J connectivity index is 1.42. The molecule has 3 unspecified atom stereocenters. The minimum Gasteiger partial charge on any atom is -0.370 e. The van der Waals surface area contributed by atoms with Gasteiger partial charge in [-0.05, 0) is 63.6 Å². The van der Waals surface area contributed by atoms with Crippen molar-refractivity contribution in [1.29, 1.82) is 0 Å². The second kappa shape index (κ2) is 8.87. The zero-order valence-corrected chi connectivity index (χ0v) is 18.6. The van der Waals surface area contributed by atoms with Gasteiger partial charge in [0.2, 0.25) is 0 Å². The summed E-state index contributed by atoms with van der Waals surface area (Å²) in [5.74, 6) is 0.618. The molecule has 2 heterocycles. The number of likely N-dealkylation sites (tertiary alicyclic amines) is 1. The predicted molar refractivity (Wildman–Crippen MR) is 121 cm³/mol. The van der Waals surface area contributed by atoms with Crippen molar-refractivity contribution in [2.45, 2.75) is 89.1 Å². The summed E-state index contributed by atoms with van der Waals surface area (Å²) in [6, 6.07) is 1.41. The third kappa shape index (κ3) is 4.60. The molecule has 29 heavy (non-hydrogen) atoms. The Morgan fingerprint density at radius 2 is 1.90 bits per heavy atom. The minimum atomic E-state index is -0.996. The van der Waals surface area contributed by atoms with E-state index in [0.29, 0.717) is 12.0 Å². The summed E-state index contributed by atoms with van der Waals surface area (Å²) in [6.45, 7) is 6.05. The van der Waals surface area contributed by atoms with E-state index < -0.39 is 5.72 Å². The zero-order valence-electron chi connectivity index (χ0n) is 18.6. The van der Waals surface area contributed by atoms with Gasteiger partial charge in [-0.15, -0.1) is 0 Å². The van der Waals surface area contributed by atoms with Gasteiger partial charge in [-0.25, -0.2) is 0 Å². The fourth-order valence-electron chi connectivity index (χ4n) is 5.47. The van der Waals surface area contributed by atoms with E-state index in [1.807, 2.05) is 13.0 Å². The number of aliphatic hydroxyl groups is 1. The van der Waals surface area contributed by atoms with Crippen molar-refractivity contribution in [3.8, 4) is 0 Å². The van der Waals surface area contributed by atoms with Crippen molar-refractivity contribution in [2.24, 2.45) is 10.9 Å². The fraction of sp³-hybridized carbons (Fsp3) is 0.720. The number of dihydropyridines is 1. The highest BCUT2D eigenvalue weighted by molar-refractivity contribution is 6.01. The number of likely N-dealkylation sites (N-methyl/N-ethyl adjacent to an activating group) is 1. The topological polar surface area (TPSA) is 39.1 Å². The van der Waals surface area contributed by atoms with E-state index in [2.05, 4.69) is 48.1 Å². The molecule has 160 valence electrons. The molecule has 0 aromatic heterocycles. The molecule has 0 spiro atoms. The first-order valence-electron chi connectivity index (χ1n) is 11.8. The molecule has 4 heteroatoms. The quantitative estimate of drug-likeness (QED) is 0.751. The molecular weight excluding hydrogens is 358 g/mol. The van der Waals surface area contributed by atoms with Crippen LogP contribution >= 0.6 is 0 Å². The van der Waals surface area contributed by atoms with Gasteiger partial charge < -0.3 is 5.11 Å². The summed E-state index contributed by atoms with van der Waals surface area (Å²) in [5.41, 5.74) is 1.13. The third-order valence-electron chi connectivity index (χ3n) is 7.65. The summed E-state index contributed by atoms with van der Waals surface area (Å²) in [6.07, 6.45) is 21.0. The van der Waals surface area contributed by atoms with E-state index >= 15 is 0 Å². The SMILES string of the molecule is CC1C=CC(C2CC=CC([C@](C)(O)N3CCC(N(C)C4CCCCC4)C3)=N2)=CC1. The van der Waals surface area contributed by atoms with Gasteiger partial charge >= 0.3 is 0 Å². The average molecular weight is 398 g/mol. The lowest BCUT2D eigenvalue weighted by Gasteiger charge is -2.38. The van der Waals surface area contributed by atoms with Crippen molar-refractivity contribution >= 4 is 5.71 Å². The lowest BCUT2D eigenvalue weighted by atomic mass is 9.91. The lowest BCUT2D eigenvalue weighted by Crippen LogP contribution is -2.53. The Labute approximate surface area is 177 Å². The highest BCUT2D eigenvalue weighted by Gasteiger charge is 2.41. The van der Waals surface area contributed by atoms with Crippen molar-refractivity contribution in [1.82, 2.24) is 9.80 Å². The van der Waals surface area contributed by atoms with Crippen LogP contribution in [0.1, 0.15) is 65.2 Å². The molecule has 2 fully saturated rings.